The number of rotatable bonds is 5. The van der Waals surface area contributed by atoms with Gasteiger partial charge < -0.3 is 19.9 Å². The Morgan fingerprint density at radius 1 is 1.40 bits per heavy atom. The normalized spacial score (nSPS) is 18.1. The first-order valence-electron chi connectivity index (χ1n) is 8.96. The molecule has 25 heavy (non-hydrogen) atoms. The molecule has 140 valence electrons. The number of aromatic nitrogens is 2. The minimum Gasteiger partial charge on any atom is -0.444 e. The summed E-state index contributed by atoms with van der Waals surface area (Å²) in [6.07, 6.45) is 4.74. The Morgan fingerprint density at radius 2 is 2.16 bits per heavy atom. The van der Waals surface area contributed by atoms with Gasteiger partial charge in [0, 0.05) is 46.0 Å². The summed E-state index contributed by atoms with van der Waals surface area (Å²) in [5, 5.41) is 3.43. The van der Waals surface area contributed by atoms with Crippen LogP contribution in [0.4, 0.5) is 10.7 Å². The zero-order chi connectivity index (χ0) is 18.4. The molecule has 0 spiro atoms. The van der Waals surface area contributed by atoms with Crippen LogP contribution in [0.25, 0.3) is 0 Å². The van der Waals surface area contributed by atoms with E-state index in [1.165, 1.54) is 0 Å². The molecule has 2 heterocycles. The first-order valence-corrected chi connectivity index (χ1v) is 8.96. The van der Waals surface area contributed by atoms with Gasteiger partial charge >= 0.3 is 6.09 Å². The van der Waals surface area contributed by atoms with Crippen molar-refractivity contribution in [3.05, 3.63) is 18.0 Å². The lowest BCUT2D eigenvalue weighted by atomic mass is 10.0. The van der Waals surface area contributed by atoms with E-state index in [0.717, 1.165) is 38.0 Å². The van der Waals surface area contributed by atoms with Crippen LogP contribution in [0.3, 0.4) is 0 Å². The topological polar surface area (TPSA) is 70.6 Å². The molecule has 0 aliphatic carbocycles. The number of piperidine rings is 1. The molecule has 1 aromatic rings. The average Bonchev–Trinajstić information content (AvgIpc) is 2.54. The highest BCUT2D eigenvalue weighted by Gasteiger charge is 2.30. The van der Waals surface area contributed by atoms with E-state index >= 15 is 0 Å². The molecule has 1 N–H and O–H groups in total. The van der Waals surface area contributed by atoms with Crippen molar-refractivity contribution in [2.45, 2.75) is 58.2 Å². The Labute approximate surface area is 150 Å². The molecule has 0 radical (unpaired) electrons. The molecule has 0 aromatic carbocycles. The van der Waals surface area contributed by atoms with E-state index in [-0.39, 0.29) is 12.1 Å². The molecule has 1 unspecified atom stereocenters. The van der Waals surface area contributed by atoms with Crippen LogP contribution < -0.4 is 10.2 Å². The average molecular weight is 349 g/mol. The van der Waals surface area contributed by atoms with Crippen LogP contribution in [-0.4, -0.2) is 59.8 Å². The van der Waals surface area contributed by atoms with Gasteiger partial charge in [-0.15, -0.1) is 0 Å². The molecule has 7 nitrogen and oxygen atoms in total. The molecule has 0 saturated carbocycles. The fraction of sp³-hybridized carbons (Fsp3) is 0.722. The van der Waals surface area contributed by atoms with E-state index in [2.05, 4.69) is 15.3 Å². The fourth-order valence-corrected chi connectivity index (χ4v) is 2.84. The molecule has 2 rings (SSSR count). The first kappa shape index (κ1) is 19.4. The van der Waals surface area contributed by atoms with Gasteiger partial charge in [0.1, 0.15) is 5.60 Å². The molecular formula is C18H31N5O2. The maximum Gasteiger partial charge on any atom is 0.410 e. The number of amides is 1. The second-order valence-electron chi connectivity index (χ2n) is 7.70. The van der Waals surface area contributed by atoms with Crippen molar-refractivity contribution < 1.29 is 9.53 Å². The number of hydrogen-bond acceptors (Lipinski definition) is 6. The van der Waals surface area contributed by atoms with Gasteiger partial charge in [-0.05, 0) is 46.1 Å². The first-order chi connectivity index (χ1) is 11.8. The number of carbonyl (C=O) groups is 1. The second-order valence-corrected chi connectivity index (χ2v) is 7.70. The van der Waals surface area contributed by atoms with Crippen LogP contribution in [0, 0.1) is 0 Å². The maximum absolute atomic E-state index is 12.4. The lowest BCUT2D eigenvalue weighted by molar-refractivity contribution is 0.00993. The SMILES string of the molecule is CN(C)c1nccc(CNCC2CCCCN2C(=O)OC(C)(C)C)n1. The van der Waals surface area contributed by atoms with Gasteiger partial charge in [-0.2, -0.15) is 0 Å². The van der Waals surface area contributed by atoms with Gasteiger partial charge in [-0.1, -0.05) is 0 Å². The predicted molar refractivity (Wildman–Crippen MR) is 98.6 cm³/mol. The number of ether oxygens (including phenoxy) is 1. The summed E-state index contributed by atoms with van der Waals surface area (Å²) in [4.78, 5) is 24.9. The van der Waals surface area contributed by atoms with Crippen LogP contribution in [0.2, 0.25) is 0 Å². The largest absolute Gasteiger partial charge is 0.444 e. The molecule has 1 atom stereocenters. The minimum absolute atomic E-state index is 0.166. The summed E-state index contributed by atoms with van der Waals surface area (Å²) in [7, 11) is 3.85. The highest BCUT2D eigenvalue weighted by atomic mass is 16.6. The minimum atomic E-state index is -0.462. The predicted octanol–water partition coefficient (Wildman–Crippen LogP) is 2.42. The van der Waals surface area contributed by atoms with Gasteiger partial charge in [0.05, 0.1) is 5.69 Å². The molecule has 1 fully saturated rings. The molecule has 0 bridgehead atoms. The third-order valence-corrected chi connectivity index (χ3v) is 4.04. The van der Waals surface area contributed by atoms with Gasteiger partial charge in [0.2, 0.25) is 5.95 Å². The smallest absolute Gasteiger partial charge is 0.410 e. The molecule has 1 aliphatic rings. The standard InChI is InChI=1S/C18H31N5O2/c1-18(2,3)25-17(24)23-11-7-6-8-15(23)13-19-12-14-9-10-20-16(21-14)22(4)5/h9-10,15,19H,6-8,11-13H2,1-5H3. The Hall–Kier alpha value is -1.89. The number of likely N-dealkylation sites (tertiary alicyclic amines) is 1. The van der Waals surface area contributed by atoms with E-state index in [1.54, 1.807) is 6.20 Å². The zero-order valence-corrected chi connectivity index (χ0v) is 16.1. The third kappa shape index (κ3) is 6.16. The maximum atomic E-state index is 12.4. The quantitative estimate of drug-likeness (QED) is 0.880. The molecule has 1 aliphatic heterocycles. The number of nitrogens with zero attached hydrogens (tertiary/aromatic N) is 4. The number of nitrogens with one attached hydrogen (secondary N) is 1. The molecule has 1 aromatic heterocycles. The van der Waals surface area contributed by atoms with Crippen molar-refractivity contribution >= 4 is 12.0 Å². The van der Waals surface area contributed by atoms with Crippen molar-refractivity contribution in [1.29, 1.82) is 0 Å². The lowest BCUT2D eigenvalue weighted by Gasteiger charge is -2.36. The summed E-state index contributed by atoms with van der Waals surface area (Å²) in [6.45, 7) is 7.86. The number of hydrogen-bond donors (Lipinski definition) is 1. The van der Waals surface area contributed by atoms with Crippen molar-refractivity contribution in [2.24, 2.45) is 0 Å². The summed E-state index contributed by atoms with van der Waals surface area (Å²) in [6, 6.07) is 2.07. The molecule has 1 amide bonds. The van der Waals surface area contributed by atoms with E-state index in [4.69, 9.17) is 4.74 Å². The molecule has 1 saturated heterocycles. The van der Waals surface area contributed by atoms with Crippen molar-refractivity contribution in [2.75, 3.05) is 32.1 Å². The molecular weight excluding hydrogens is 318 g/mol. The fourth-order valence-electron chi connectivity index (χ4n) is 2.84. The van der Waals surface area contributed by atoms with Crippen LogP contribution >= 0.6 is 0 Å². The van der Waals surface area contributed by atoms with Gasteiger partial charge in [0.25, 0.3) is 0 Å². The summed E-state index contributed by atoms with van der Waals surface area (Å²) in [5.41, 5.74) is 0.481. The number of anilines is 1. The lowest BCUT2D eigenvalue weighted by Crippen LogP contribution is -2.50. The van der Waals surface area contributed by atoms with Crippen LogP contribution in [0.1, 0.15) is 45.7 Å². The van der Waals surface area contributed by atoms with E-state index < -0.39 is 5.60 Å². The third-order valence-electron chi connectivity index (χ3n) is 4.04. The summed E-state index contributed by atoms with van der Waals surface area (Å²) < 4.78 is 5.55. The second kappa shape index (κ2) is 8.47. The Kier molecular flexibility index (Phi) is 6.58. The monoisotopic (exact) mass is 349 g/mol. The van der Waals surface area contributed by atoms with Crippen LogP contribution in [-0.2, 0) is 11.3 Å². The Bertz CT molecular complexity index is 571. The Morgan fingerprint density at radius 3 is 2.84 bits per heavy atom. The summed E-state index contributed by atoms with van der Waals surface area (Å²) in [5.74, 6) is 0.701. The van der Waals surface area contributed by atoms with E-state index in [0.29, 0.717) is 12.5 Å². The van der Waals surface area contributed by atoms with Gasteiger partial charge in [-0.25, -0.2) is 14.8 Å². The zero-order valence-electron chi connectivity index (χ0n) is 16.1. The van der Waals surface area contributed by atoms with Gasteiger partial charge in [-0.3, -0.25) is 0 Å². The van der Waals surface area contributed by atoms with Crippen molar-refractivity contribution in [3.8, 4) is 0 Å². The van der Waals surface area contributed by atoms with Crippen LogP contribution in [0.5, 0.6) is 0 Å². The highest BCUT2D eigenvalue weighted by Crippen LogP contribution is 2.20. The van der Waals surface area contributed by atoms with Crippen molar-refractivity contribution in [3.63, 3.8) is 0 Å². The molecule has 7 heteroatoms. The highest BCUT2D eigenvalue weighted by molar-refractivity contribution is 5.68. The van der Waals surface area contributed by atoms with E-state index in [9.17, 15) is 4.79 Å². The number of carbonyl (C=O) groups excluding carboxylic acids is 1. The van der Waals surface area contributed by atoms with Crippen molar-refractivity contribution in [1.82, 2.24) is 20.2 Å². The van der Waals surface area contributed by atoms with Crippen LogP contribution in [0.15, 0.2) is 12.3 Å². The Balaban J connectivity index is 1.89. The summed E-state index contributed by atoms with van der Waals surface area (Å²) >= 11 is 0. The van der Waals surface area contributed by atoms with E-state index in [1.807, 2.05) is 50.7 Å². The van der Waals surface area contributed by atoms with Gasteiger partial charge in [0.15, 0.2) is 0 Å².